The molecule has 40 heavy (non-hydrogen) atoms. The Kier molecular flexibility index (Phi) is 8.10. The predicted octanol–water partition coefficient (Wildman–Crippen LogP) is 5.86. The Labute approximate surface area is 246 Å². The predicted molar refractivity (Wildman–Crippen MR) is 156 cm³/mol. The van der Waals surface area contributed by atoms with Crippen LogP contribution in [-0.2, 0) is 4.79 Å². The van der Waals surface area contributed by atoms with Crippen LogP contribution < -0.4 is 10.1 Å². The third-order valence-corrected chi connectivity index (χ3v) is 7.60. The number of urea groups is 1. The zero-order valence-corrected chi connectivity index (χ0v) is 24.3. The molecule has 0 saturated carbocycles. The van der Waals surface area contributed by atoms with Gasteiger partial charge >= 0.3 is 6.03 Å². The molecule has 0 spiro atoms. The van der Waals surface area contributed by atoms with Crippen molar-refractivity contribution in [3.8, 4) is 11.8 Å². The lowest BCUT2D eigenvalue weighted by atomic mass is 9.93. The second-order valence-electron chi connectivity index (χ2n) is 9.83. The summed E-state index contributed by atoms with van der Waals surface area (Å²) in [6, 6.07) is 21.0. The van der Waals surface area contributed by atoms with Crippen molar-refractivity contribution < 1.29 is 14.3 Å². The maximum absolute atomic E-state index is 14.4. The zero-order chi connectivity index (χ0) is 28.4. The minimum Gasteiger partial charge on any atom is -0.490 e. The topological polar surface area (TPSA) is 98.0 Å². The molecule has 1 fully saturated rings. The van der Waals surface area contributed by atoms with E-state index < -0.39 is 12.1 Å². The number of benzene rings is 3. The number of nitrogens with zero attached hydrogens (tertiary/aromatic N) is 4. The van der Waals surface area contributed by atoms with Gasteiger partial charge < -0.3 is 15.0 Å². The maximum Gasteiger partial charge on any atom is 0.326 e. The van der Waals surface area contributed by atoms with E-state index in [0.29, 0.717) is 40.8 Å². The Morgan fingerprint density at radius 3 is 2.60 bits per heavy atom. The molecule has 0 aromatic heterocycles. The quantitative estimate of drug-likeness (QED) is 0.387. The number of amides is 3. The van der Waals surface area contributed by atoms with Crippen molar-refractivity contribution in [1.29, 1.82) is 5.26 Å². The molecule has 8 nitrogen and oxygen atoms in total. The molecule has 3 amide bonds. The number of ether oxygens (including phenoxy) is 1. The van der Waals surface area contributed by atoms with Gasteiger partial charge in [0.2, 0.25) is 5.91 Å². The number of aliphatic imine (C=N–C) groups is 1. The first-order valence-electron chi connectivity index (χ1n) is 12.9. The fraction of sp³-hybridized carbons (Fsp3) is 0.267. The average molecular weight is 621 g/mol. The van der Waals surface area contributed by atoms with Crippen LogP contribution >= 0.6 is 27.5 Å². The van der Waals surface area contributed by atoms with Gasteiger partial charge in [-0.1, -0.05) is 57.9 Å². The second-order valence-corrected chi connectivity index (χ2v) is 11.2. The van der Waals surface area contributed by atoms with Crippen molar-refractivity contribution in [2.24, 2.45) is 4.99 Å². The Bertz CT molecular complexity index is 1520. The largest absolute Gasteiger partial charge is 0.490 e. The number of piperazine rings is 1. The van der Waals surface area contributed by atoms with E-state index in [-0.39, 0.29) is 24.6 Å². The molecule has 0 unspecified atom stereocenters. The molecule has 0 radical (unpaired) electrons. The molecular weight excluding hydrogens is 594 g/mol. The second kappa shape index (κ2) is 11.7. The highest BCUT2D eigenvalue weighted by molar-refractivity contribution is 9.10. The van der Waals surface area contributed by atoms with Crippen LogP contribution in [0.4, 0.5) is 4.79 Å². The first-order valence-corrected chi connectivity index (χ1v) is 14.1. The van der Waals surface area contributed by atoms with E-state index in [1.807, 2.05) is 56.3 Å². The summed E-state index contributed by atoms with van der Waals surface area (Å²) in [6.07, 6.45) is -0.189. The van der Waals surface area contributed by atoms with Gasteiger partial charge in [-0.3, -0.25) is 14.7 Å². The van der Waals surface area contributed by atoms with Gasteiger partial charge in [-0.25, -0.2) is 4.79 Å². The summed E-state index contributed by atoms with van der Waals surface area (Å²) >= 11 is 10.2. The highest BCUT2D eigenvalue weighted by atomic mass is 79.9. The number of nitriles is 1. The van der Waals surface area contributed by atoms with Crippen molar-refractivity contribution in [2.75, 3.05) is 19.6 Å². The maximum atomic E-state index is 14.4. The third kappa shape index (κ3) is 5.55. The molecule has 10 heteroatoms. The highest BCUT2D eigenvalue weighted by Crippen LogP contribution is 2.47. The Hall–Kier alpha value is -3.87. The number of nitrogens with one attached hydrogen (secondary N) is 1. The van der Waals surface area contributed by atoms with Crippen molar-refractivity contribution in [3.05, 3.63) is 98.5 Å². The summed E-state index contributed by atoms with van der Waals surface area (Å²) < 4.78 is 7.03. The molecular formula is C30H27BrClN5O3. The number of rotatable bonds is 5. The molecule has 2 heterocycles. The Balaban J connectivity index is 1.73. The van der Waals surface area contributed by atoms with E-state index in [0.717, 1.165) is 15.6 Å². The molecule has 2 atom stereocenters. The van der Waals surface area contributed by atoms with Crippen LogP contribution in [0.1, 0.15) is 48.2 Å². The minimum atomic E-state index is -0.567. The van der Waals surface area contributed by atoms with E-state index in [9.17, 15) is 14.9 Å². The zero-order valence-electron chi connectivity index (χ0n) is 22.0. The van der Waals surface area contributed by atoms with Crippen LogP contribution in [0.15, 0.2) is 76.2 Å². The van der Waals surface area contributed by atoms with Crippen molar-refractivity contribution in [1.82, 2.24) is 15.1 Å². The van der Waals surface area contributed by atoms with E-state index in [4.69, 9.17) is 21.3 Å². The third-order valence-electron chi connectivity index (χ3n) is 6.73. The molecule has 1 N–H and O–H groups in total. The highest BCUT2D eigenvalue weighted by Gasteiger charge is 2.45. The normalized spacial score (nSPS) is 18.8. The van der Waals surface area contributed by atoms with Crippen LogP contribution in [0.25, 0.3) is 0 Å². The van der Waals surface area contributed by atoms with Crippen LogP contribution in [0.3, 0.4) is 0 Å². The van der Waals surface area contributed by atoms with Crippen LogP contribution in [-0.4, -0.2) is 53.3 Å². The van der Waals surface area contributed by atoms with Crippen molar-refractivity contribution in [3.63, 3.8) is 0 Å². The molecule has 0 bridgehead atoms. The van der Waals surface area contributed by atoms with E-state index in [1.54, 1.807) is 29.2 Å². The lowest BCUT2D eigenvalue weighted by molar-refractivity contribution is -0.123. The van der Waals surface area contributed by atoms with Gasteiger partial charge in [0.25, 0.3) is 0 Å². The molecule has 3 aromatic rings. The molecule has 1 saturated heterocycles. The standard InChI is InChI=1S/C30H27BrClN5O3/c1-18(2)40-25-15-19(16-33)7-12-23(25)29-35-27(22-5-3-4-6-24(22)32)28(20-8-10-21(31)11-9-20)37(29)30(39)36-14-13-34-26(38)17-36/h3-12,15,18,27-28H,13-14,17H2,1-2H3,(H,34,38)/t27-,28+/m0/s1. The minimum absolute atomic E-state index is 0.0604. The monoisotopic (exact) mass is 619 g/mol. The van der Waals surface area contributed by atoms with E-state index >= 15 is 0 Å². The van der Waals surface area contributed by atoms with Gasteiger partial charge in [0.15, 0.2) is 0 Å². The SMILES string of the molecule is CC(C)Oc1cc(C#N)ccc1C1=N[C@@H](c2ccccc2Cl)[C@@H](c2ccc(Br)cc2)N1C(=O)N1CCNC(=O)C1. The fourth-order valence-electron chi connectivity index (χ4n) is 4.97. The lowest BCUT2D eigenvalue weighted by Gasteiger charge is -2.36. The fourth-order valence-corrected chi connectivity index (χ4v) is 5.49. The summed E-state index contributed by atoms with van der Waals surface area (Å²) in [5, 5.41) is 12.9. The van der Waals surface area contributed by atoms with E-state index in [2.05, 4.69) is 27.3 Å². The number of halogens is 2. The van der Waals surface area contributed by atoms with Crippen LogP contribution in [0, 0.1) is 11.3 Å². The average Bonchev–Trinajstić information content (AvgIpc) is 3.33. The number of carbonyl (C=O) groups is 2. The molecule has 2 aliphatic heterocycles. The number of amidine groups is 1. The first-order chi connectivity index (χ1) is 19.3. The Morgan fingerprint density at radius 2 is 1.93 bits per heavy atom. The van der Waals surface area contributed by atoms with Crippen molar-refractivity contribution >= 4 is 45.3 Å². The summed E-state index contributed by atoms with van der Waals surface area (Å²) in [6.45, 7) is 4.45. The molecule has 2 aliphatic rings. The summed E-state index contributed by atoms with van der Waals surface area (Å²) in [5.41, 5.74) is 2.61. The first kappa shape index (κ1) is 27.7. The summed E-state index contributed by atoms with van der Waals surface area (Å²) in [4.78, 5) is 35.0. The van der Waals surface area contributed by atoms with Crippen LogP contribution in [0.2, 0.25) is 5.02 Å². The lowest BCUT2D eigenvalue weighted by Crippen LogP contribution is -2.55. The molecule has 0 aliphatic carbocycles. The van der Waals surface area contributed by atoms with Gasteiger partial charge in [-0.15, -0.1) is 0 Å². The van der Waals surface area contributed by atoms with Gasteiger partial charge in [-0.2, -0.15) is 5.26 Å². The van der Waals surface area contributed by atoms with Crippen LogP contribution in [0.5, 0.6) is 5.75 Å². The summed E-state index contributed by atoms with van der Waals surface area (Å²) in [5.74, 6) is 0.604. The van der Waals surface area contributed by atoms with Gasteiger partial charge in [0, 0.05) is 22.6 Å². The number of carbonyl (C=O) groups excluding carboxylic acids is 2. The smallest absolute Gasteiger partial charge is 0.326 e. The summed E-state index contributed by atoms with van der Waals surface area (Å²) in [7, 11) is 0. The van der Waals surface area contributed by atoms with Gasteiger partial charge in [-0.05, 0) is 61.4 Å². The number of hydrogen-bond acceptors (Lipinski definition) is 5. The number of hydrogen-bond donors (Lipinski definition) is 1. The van der Waals surface area contributed by atoms with Gasteiger partial charge in [0.1, 0.15) is 24.2 Å². The molecule has 5 rings (SSSR count). The molecule has 204 valence electrons. The molecule has 3 aromatic carbocycles. The Morgan fingerprint density at radius 1 is 1.18 bits per heavy atom. The van der Waals surface area contributed by atoms with E-state index in [1.165, 1.54) is 4.90 Å². The van der Waals surface area contributed by atoms with Crippen molar-refractivity contribution in [2.45, 2.75) is 32.0 Å². The van der Waals surface area contributed by atoms with Gasteiger partial charge in [0.05, 0.1) is 29.3 Å².